The number of likely N-dealkylation sites (N-methyl/N-ethyl adjacent to an activating group) is 1. The maximum atomic E-state index is 6.25. The summed E-state index contributed by atoms with van der Waals surface area (Å²) < 4.78 is 5.25. The summed E-state index contributed by atoms with van der Waals surface area (Å²) in [5.74, 6) is 0.681. The van der Waals surface area contributed by atoms with Crippen LogP contribution in [0.4, 0.5) is 5.69 Å². The topological polar surface area (TPSA) is 38.5 Å². The molecule has 0 atom stereocenters. The lowest BCUT2D eigenvalue weighted by molar-refractivity contribution is 0.331. The van der Waals surface area contributed by atoms with E-state index in [0.717, 1.165) is 25.1 Å². The van der Waals surface area contributed by atoms with E-state index in [1.165, 1.54) is 5.56 Å². The first-order valence-corrected chi connectivity index (χ1v) is 7.32. The summed E-state index contributed by atoms with van der Waals surface area (Å²) in [6, 6.07) is 14.1. The smallest absolute Gasteiger partial charge is 0.142 e. The van der Waals surface area contributed by atoms with Crippen LogP contribution in [0.3, 0.4) is 0 Å². The second kappa shape index (κ2) is 7.34. The van der Waals surface area contributed by atoms with Crippen LogP contribution >= 0.6 is 11.6 Å². The van der Waals surface area contributed by atoms with Crippen LogP contribution in [-0.4, -0.2) is 25.6 Å². The van der Waals surface area contributed by atoms with Crippen molar-refractivity contribution in [2.75, 3.05) is 26.4 Å². The Hall–Kier alpha value is -1.71. The SMILES string of the molecule is COc1cc(CCN(C)Cc2ccccc2)c(Cl)cc1N. The molecular weight excluding hydrogens is 284 g/mol. The first-order valence-electron chi connectivity index (χ1n) is 6.94. The Morgan fingerprint density at radius 2 is 1.90 bits per heavy atom. The van der Waals surface area contributed by atoms with Gasteiger partial charge in [0.25, 0.3) is 0 Å². The largest absolute Gasteiger partial charge is 0.495 e. The van der Waals surface area contributed by atoms with Gasteiger partial charge >= 0.3 is 0 Å². The zero-order chi connectivity index (χ0) is 15.2. The van der Waals surface area contributed by atoms with E-state index in [0.29, 0.717) is 16.5 Å². The maximum Gasteiger partial charge on any atom is 0.142 e. The van der Waals surface area contributed by atoms with Crippen LogP contribution in [0.1, 0.15) is 11.1 Å². The minimum absolute atomic E-state index is 0.573. The Balaban J connectivity index is 1.96. The van der Waals surface area contributed by atoms with Crippen LogP contribution in [0, 0.1) is 0 Å². The van der Waals surface area contributed by atoms with Crippen molar-refractivity contribution in [2.24, 2.45) is 0 Å². The highest BCUT2D eigenvalue weighted by molar-refractivity contribution is 6.31. The fourth-order valence-corrected chi connectivity index (χ4v) is 2.53. The molecule has 112 valence electrons. The Kier molecular flexibility index (Phi) is 5.48. The maximum absolute atomic E-state index is 6.25. The highest BCUT2D eigenvalue weighted by Crippen LogP contribution is 2.29. The molecule has 0 bridgehead atoms. The summed E-state index contributed by atoms with van der Waals surface area (Å²) in [7, 11) is 3.72. The average molecular weight is 305 g/mol. The standard InChI is InChI=1S/C17H21ClN2O/c1-20(12-13-6-4-3-5-7-13)9-8-14-10-17(21-2)16(19)11-15(14)18/h3-7,10-11H,8-9,12,19H2,1-2H3. The van der Waals surface area contributed by atoms with Crippen LogP contribution in [0.25, 0.3) is 0 Å². The first kappa shape index (κ1) is 15.7. The van der Waals surface area contributed by atoms with Crippen molar-refractivity contribution in [2.45, 2.75) is 13.0 Å². The van der Waals surface area contributed by atoms with Crippen molar-refractivity contribution in [3.8, 4) is 5.75 Å². The number of ether oxygens (including phenoxy) is 1. The van der Waals surface area contributed by atoms with Gasteiger partial charge in [0.15, 0.2) is 0 Å². The van der Waals surface area contributed by atoms with Gasteiger partial charge in [-0.1, -0.05) is 41.9 Å². The molecule has 0 spiro atoms. The van der Waals surface area contributed by atoms with Gasteiger partial charge in [-0.2, -0.15) is 0 Å². The molecular formula is C17H21ClN2O. The highest BCUT2D eigenvalue weighted by Gasteiger charge is 2.08. The van der Waals surface area contributed by atoms with Crippen molar-refractivity contribution in [3.63, 3.8) is 0 Å². The fraction of sp³-hybridized carbons (Fsp3) is 0.294. The molecule has 0 aromatic heterocycles. The van der Waals surface area contributed by atoms with E-state index in [1.54, 1.807) is 13.2 Å². The summed E-state index contributed by atoms with van der Waals surface area (Å²) in [4.78, 5) is 2.27. The number of benzene rings is 2. The minimum atomic E-state index is 0.573. The van der Waals surface area contributed by atoms with Crippen molar-refractivity contribution in [3.05, 3.63) is 58.6 Å². The first-order chi connectivity index (χ1) is 10.1. The van der Waals surface area contributed by atoms with Crippen molar-refractivity contribution in [1.29, 1.82) is 0 Å². The quantitative estimate of drug-likeness (QED) is 0.829. The van der Waals surface area contributed by atoms with Gasteiger partial charge in [-0.3, -0.25) is 0 Å². The molecule has 0 heterocycles. The Morgan fingerprint density at radius 3 is 2.57 bits per heavy atom. The zero-order valence-electron chi connectivity index (χ0n) is 12.5. The van der Waals surface area contributed by atoms with Gasteiger partial charge in [0, 0.05) is 18.1 Å². The fourth-order valence-electron chi connectivity index (χ4n) is 2.26. The van der Waals surface area contributed by atoms with Crippen LogP contribution in [0.5, 0.6) is 5.75 Å². The molecule has 0 amide bonds. The molecule has 0 saturated heterocycles. The number of nitrogen functional groups attached to an aromatic ring is 1. The van der Waals surface area contributed by atoms with Crippen LogP contribution in [0.15, 0.2) is 42.5 Å². The second-order valence-electron chi connectivity index (χ2n) is 5.16. The van der Waals surface area contributed by atoms with E-state index >= 15 is 0 Å². The third kappa shape index (κ3) is 4.38. The van der Waals surface area contributed by atoms with Gasteiger partial charge in [-0.15, -0.1) is 0 Å². The third-order valence-corrected chi connectivity index (χ3v) is 3.81. The molecule has 2 aromatic carbocycles. The molecule has 2 N–H and O–H groups in total. The molecule has 2 aromatic rings. The number of halogens is 1. The molecule has 3 nitrogen and oxygen atoms in total. The molecule has 0 saturated carbocycles. The Bertz CT molecular complexity index is 587. The highest BCUT2D eigenvalue weighted by atomic mass is 35.5. The van der Waals surface area contributed by atoms with Crippen LogP contribution < -0.4 is 10.5 Å². The van der Waals surface area contributed by atoms with Gasteiger partial charge in [0.2, 0.25) is 0 Å². The predicted molar refractivity (Wildman–Crippen MR) is 88.9 cm³/mol. The predicted octanol–water partition coefficient (Wildman–Crippen LogP) is 3.61. The minimum Gasteiger partial charge on any atom is -0.495 e. The van der Waals surface area contributed by atoms with E-state index in [2.05, 4.69) is 36.2 Å². The summed E-state index contributed by atoms with van der Waals surface area (Å²) in [5.41, 5.74) is 8.78. The number of nitrogens with two attached hydrogens (primary N) is 1. The Labute approximate surface area is 131 Å². The molecule has 0 aliphatic heterocycles. The van der Waals surface area contributed by atoms with Crippen molar-refractivity contribution in [1.82, 2.24) is 4.90 Å². The summed E-state index contributed by atoms with van der Waals surface area (Å²) in [6.45, 7) is 1.84. The van der Waals surface area contributed by atoms with Crippen molar-refractivity contribution >= 4 is 17.3 Å². The molecule has 2 rings (SSSR count). The van der Waals surface area contributed by atoms with E-state index in [1.807, 2.05) is 12.1 Å². The molecule has 0 aliphatic rings. The normalized spacial score (nSPS) is 10.9. The number of rotatable bonds is 6. The molecule has 0 aliphatic carbocycles. The molecule has 21 heavy (non-hydrogen) atoms. The van der Waals surface area contributed by atoms with Gasteiger partial charge < -0.3 is 15.4 Å². The van der Waals surface area contributed by atoms with Gasteiger partial charge in [0.05, 0.1) is 12.8 Å². The van der Waals surface area contributed by atoms with E-state index < -0.39 is 0 Å². The third-order valence-electron chi connectivity index (χ3n) is 3.46. The Morgan fingerprint density at radius 1 is 1.19 bits per heavy atom. The second-order valence-corrected chi connectivity index (χ2v) is 5.57. The van der Waals surface area contributed by atoms with E-state index in [4.69, 9.17) is 22.1 Å². The van der Waals surface area contributed by atoms with Crippen molar-refractivity contribution < 1.29 is 4.74 Å². The van der Waals surface area contributed by atoms with Gasteiger partial charge in [0.1, 0.15) is 5.75 Å². The number of methoxy groups -OCH3 is 1. The lowest BCUT2D eigenvalue weighted by Gasteiger charge is -2.17. The van der Waals surface area contributed by atoms with E-state index in [-0.39, 0.29) is 0 Å². The molecule has 4 heteroatoms. The zero-order valence-corrected chi connectivity index (χ0v) is 13.2. The summed E-state index contributed by atoms with van der Waals surface area (Å²) in [6.07, 6.45) is 0.860. The molecule has 0 fully saturated rings. The van der Waals surface area contributed by atoms with Crippen LogP contribution in [-0.2, 0) is 13.0 Å². The number of nitrogens with zero attached hydrogens (tertiary/aromatic N) is 1. The monoisotopic (exact) mass is 304 g/mol. The molecule has 0 unspecified atom stereocenters. The lowest BCUT2D eigenvalue weighted by Crippen LogP contribution is -2.20. The van der Waals surface area contributed by atoms with Gasteiger partial charge in [-0.05, 0) is 36.7 Å². The van der Waals surface area contributed by atoms with Crippen LogP contribution in [0.2, 0.25) is 5.02 Å². The van der Waals surface area contributed by atoms with E-state index in [9.17, 15) is 0 Å². The molecule has 0 radical (unpaired) electrons. The van der Waals surface area contributed by atoms with Gasteiger partial charge in [-0.25, -0.2) is 0 Å². The summed E-state index contributed by atoms with van der Waals surface area (Å²) in [5, 5.41) is 0.696. The number of anilines is 1. The number of hydrogen-bond acceptors (Lipinski definition) is 3. The average Bonchev–Trinajstić information content (AvgIpc) is 2.47. The summed E-state index contributed by atoms with van der Waals surface area (Å²) >= 11 is 6.25. The lowest BCUT2D eigenvalue weighted by atomic mass is 10.1. The number of hydrogen-bond donors (Lipinski definition) is 1.